The molecule has 1 N–H and O–H groups in total. The number of likely N-dealkylation sites (N-methyl/N-ethyl adjacent to an activating group) is 1. The number of ether oxygens (including phenoxy) is 2. The number of carbonyl (C=O) groups excluding carboxylic acids is 2. The zero-order chi connectivity index (χ0) is 32.9. The standard InChI is InChI=1S/C34H68NO8P/c1-6-8-10-12-14-15-16-17-18-19-20-21-23-25-27-34(37)43-32(30-40-33(36)26-24-22-13-11-9-7-2)31-42-44(38,39)41-29-28-35(3,4)5/h32H,6-31H2,1-5H3/p+1/t32-/m1/s1. The summed E-state index contributed by atoms with van der Waals surface area (Å²) >= 11 is 0. The van der Waals surface area contributed by atoms with E-state index >= 15 is 0 Å². The van der Waals surface area contributed by atoms with Crippen molar-refractivity contribution in [3.05, 3.63) is 0 Å². The fraction of sp³-hybridized carbons (Fsp3) is 0.941. The lowest BCUT2D eigenvalue weighted by Gasteiger charge is -2.24. The van der Waals surface area contributed by atoms with Crippen LogP contribution in [0.25, 0.3) is 0 Å². The smallest absolute Gasteiger partial charge is 0.462 e. The van der Waals surface area contributed by atoms with E-state index in [0.29, 0.717) is 23.9 Å². The number of esters is 2. The number of phosphoric acid groups is 1. The molecule has 0 amide bonds. The predicted octanol–water partition coefficient (Wildman–Crippen LogP) is 8.90. The van der Waals surface area contributed by atoms with Gasteiger partial charge in [-0.25, -0.2) is 4.57 Å². The van der Waals surface area contributed by atoms with Crippen LogP contribution in [0.2, 0.25) is 0 Å². The molecule has 0 fully saturated rings. The van der Waals surface area contributed by atoms with Crippen molar-refractivity contribution in [2.45, 2.75) is 161 Å². The number of rotatable bonds is 32. The van der Waals surface area contributed by atoms with Gasteiger partial charge < -0.3 is 18.9 Å². The molecule has 262 valence electrons. The number of hydrogen-bond acceptors (Lipinski definition) is 7. The Balaban J connectivity index is 4.38. The van der Waals surface area contributed by atoms with Crippen LogP contribution >= 0.6 is 7.82 Å². The Bertz CT molecular complexity index is 743. The van der Waals surface area contributed by atoms with E-state index in [-0.39, 0.29) is 25.6 Å². The van der Waals surface area contributed by atoms with E-state index in [1.807, 2.05) is 21.1 Å². The maximum atomic E-state index is 12.5. The third kappa shape index (κ3) is 31.0. The van der Waals surface area contributed by atoms with Gasteiger partial charge in [-0.2, -0.15) is 0 Å². The minimum Gasteiger partial charge on any atom is -0.462 e. The third-order valence-corrected chi connectivity index (χ3v) is 8.62. The van der Waals surface area contributed by atoms with E-state index in [9.17, 15) is 19.0 Å². The lowest BCUT2D eigenvalue weighted by molar-refractivity contribution is -0.870. The molecule has 1 unspecified atom stereocenters. The van der Waals surface area contributed by atoms with Gasteiger partial charge >= 0.3 is 19.8 Å². The van der Waals surface area contributed by atoms with E-state index in [1.165, 1.54) is 83.5 Å². The molecule has 0 aliphatic rings. The highest BCUT2D eigenvalue weighted by atomic mass is 31.2. The summed E-state index contributed by atoms with van der Waals surface area (Å²) in [5, 5.41) is 0. The second kappa shape index (κ2) is 28.3. The fourth-order valence-corrected chi connectivity index (χ4v) is 5.52. The molecule has 9 nitrogen and oxygen atoms in total. The molecule has 0 saturated carbocycles. The molecule has 0 spiro atoms. The fourth-order valence-electron chi connectivity index (χ4n) is 4.78. The zero-order valence-corrected chi connectivity index (χ0v) is 30.1. The van der Waals surface area contributed by atoms with Crippen molar-refractivity contribution in [1.82, 2.24) is 0 Å². The minimum absolute atomic E-state index is 0.0358. The average molecular weight is 651 g/mol. The van der Waals surface area contributed by atoms with Gasteiger partial charge in [0.25, 0.3) is 0 Å². The number of nitrogens with zero attached hydrogens (tertiary/aromatic N) is 1. The molecule has 0 saturated heterocycles. The summed E-state index contributed by atoms with van der Waals surface area (Å²) in [5.74, 6) is -0.803. The molecule has 0 aromatic heterocycles. The van der Waals surface area contributed by atoms with Gasteiger partial charge in [0.1, 0.15) is 19.8 Å². The van der Waals surface area contributed by atoms with Gasteiger partial charge in [0.15, 0.2) is 6.10 Å². The highest BCUT2D eigenvalue weighted by Gasteiger charge is 2.27. The Kier molecular flexibility index (Phi) is 27.6. The van der Waals surface area contributed by atoms with Crippen LogP contribution in [0.3, 0.4) is 0 Å². The average Bonchev–Trinajstić information content (AvgIpc) is 2.95. The zero-order valence-electron chi connectivity index (χ0n) is 29.2. The largest absolute Gasteiger partial charge is 0.472 e. The van der Waals surface area contributed by atoms with Gasteiger partial charge in [-0.3, -0.25) is 18.6 Å². The lowest BCUT2D eigenvalue weighted by atomic mass is 10.0. The summed E-state index contributed by atoms with van der Waals surface area (Å²) in [5.41, 5.74) is 0. The van der Waals surface area contributed by atoms with Crippen LogP contribution in [-0.2, 0) is 32.7 Å². The monoisotopic (exact) mass is 650 g/mol. The second-order valence-electron chi connectivity index (χ2n) is 13.3. The first-order valence-corrected chi connectivity index (χ1v) is 19.3. The number of carbonyl (C=O) groups is 2. The second-order valence-corrected chi connectivity index (χ2v) is 14.7. The van der Waals surface area contributed by atoms with E-state index < -0.39 is 26.5 Å². The van der Waals surface area contributed by atoms with Gasteiger partial charge in [0, 0.05) is 12.8 Å². The van der Waals surface area contributed by atoms with Gasteiger partial charge in [0.2, 0.25) is 0 Å². The van der Waals surface area contributed by atoms with Crippen molar-refractivity contribution in [3.63, 3.8) is 0 Å². The lowest BCUT2D eigenvalue weighted by Crippen LogP contribution is -2.37. The van der Waals surface area contributed by atoms with Crippen molar-refractivity contribution < 1.29 is 42.1 Å². The van der Waals surface area contributed by atoms with Crippen LogP contribution < -0.4 is 0 Å². The molecule has 0 radical (unpaired) electrons. The number of unbranched alkanes of at least 4 members (excludes halogenated alkanes) is 18. The van der Waals surface area contributed by atoms with E-state index in [0.717, 1.165) is 38.5 Å². The van der Waals surface area contributed by atoms with Crippen LogP contribution in [0.5, 0.6) is 0 Å². The van der Waals surface area contributed by atoms with Crippen LogP contribution in [0, 0.1) is 0 Å². The van der Waals surface area contributed by atoms with Gasteiger partial charge in [-0.1, -0.05) is 129 Å². The maximum absolute atomic E-state index is 12.5. The number of quaternary nitrogens is 1. The molecular weight excluding hydrogens is 581 g/mol. The highest BCUT2D eigenvalue weighted by molar-refractivity contribution is 7.47. The van der Waals surface area contributed by atoms with E-state index in [2.05, 4.69) is 13.8 Å². The van der Waals surface area contributed by atoms with Crippen LogP contribution in [0.15, 0.2) is 0 Å². The van der Waals surface area contributed by atoms with Crippen molar-refractivity contribution in [2.75, 3.05) is 47.5 Å². The number of phosphoric ester groups is 1. The Morgan fingerprint density at radius 2 is 1.02 bits per heavy atom. The minimum atomic E-state index is -4.35. The normalized spacial score (nSPS) is 13.9. The van der Waals surface area contributed by atoms with Crippen molar-refractivity contribution >= 4 is 19.8 Å². The first kappa shape index (κ1) is 43.0. The first-order valence-electron chi connectivity index (χ1n) is 17.8. The van der Waals surface area contributed by atoms with Crippen molar-refractivity contribution in [1.29, 1.82) is 0 Å². The molecule has 0 aromatic rings. The van der Waals surface area contributed by atoms with Crippen LogP contribution in [0.1, 0.15) is 155 Å². The Morgan fingerprint density at radius 1 is 0.614 bits per heavy atom. The van der Waals surface area contributed by atoms with Gasteiger partial charge in [-0.05, 0) is 12.8 Å². The molecule has 44 heavy (non-hydrogen) atoms. The van der Waals surface area contributed by atoms with Gasteiger partial charge in [-0.15, -0.1) is 0 Å². The van der Waals surface area contributed by atoms with Crippen LogP contribution in [0.4, 0.5) is 0 Å². The van der Waals surface area contributed by atoms with Crippen LogP contribution in [-0.4, -0.2) is 74.9 Å². The van der Waals surface area contributed by atoms with Crippen molar-refractivity contribution in [2.24, 2.45) is 0 Å². The molecule has 0 heterocycles. The van der Waals surface area contributed by atoms with Gasteiger partial charge in [0.05, 0.1) is 27.7 Å². The van der Waals surface area contributed by atoms with Crippen molar-refractivity contribution in [3.8, 4) is 0 Å². The quantitative estimate of drug-likeness (QED) is 0.0333. The SMILES string of the molecule is CCCCCCCCCCCCCCCCC(=O)O[C@H](COC(=O)CCCCCCCC)COP(=O)(O)OCC[N+](C)(C)C. The topological polar surface area (TPSA) is 108 Å². The number of hydrogen-bond donors (Lipinski definition) is 1. The van der Waals surface area contributed by atoms with E-state index in [1.54, 1.807) is 0 Å². The molecule has 10 heteroatoms. The maximum Gasteiger partial charge on any atom is 0.472 e. The van der Waals surface area contributed by atoms with E-state index in [4.69, 9.17) is 18.5 Å². The Labute approximate surface area is 270 Å². The Morgan fingerprint density at radius 3 is 1.45 bits per heavy atom. The molecule has 0 bridgehead atoms. The molecule has 2 atom stereocenters. The third-order valence-electron chi connectivity index (χ3n) is 7.64. The molecule has 0 aromatic carbocycles. The molecular formula is C34H69NO8P+. The predicted molar refractivity (Wildman–Crippen MR) is 178 cm³/mol. The molecule has 0 aliphatic heterocycles. The summed E-state index contributed by atoms with van der Waals surface area (Å²) in [6.07, 6.45) is 23.1. The summed E-state index contributed by atoms with van der Waals surface area (Å²) in [6.45, 7) is 4.35. The Hall–Kier alpha value is -0.990. The summed E-state index contributed by atoms with van der Waals surface area (Å²) in [4.78, 5) is 34.9. The highest BCUT2D eigenvalue weighted by Crippen LogP contribution is 2.43. The summed E-state index contributed by atoms with van der Waals surface area (Å²) < 4.78 is 33.9. The summed E-state index contributed by atoms with van der Waals surface area (Å²) in [6, 6.07) is 0. The summed E-state index contributed by atoms with van der Waals surface area (Å²) in [7, 11) is 1.48. The first-order chi connectivity index (χ1) is 21.0. The molecule has 0 aliphatic carbocycles. The molecule has 0 rings (SSSR count).